The van der Waals surface area contributed by atoms with Gasteiger partial charge in [0.25, 0.3) is 0 Å². The Kier molecular flexibility index (Phi) is 9.35. The lowest BCUT2D eigenvalue weighted by Crippen LogP contribution is -2.38. The van der Waals surface area contributed by atoms with Crippen LogP contribution in [0.5, 0.6) is 0 Å². The Balaban J connectivity index is 2.60. The van der Waals surface area contributed by atoms with Crippen molar-refractivity contribution in [3.05, 3.63) is 35.9 Å². The molecular formula is C17H27BrN2O. The molecule has 0 radical (unpaired) electrons. The average molecular weight is 355 g/mol. The normalized spacial score (nSPS) is 12.4. The summed E-state index contributed by atoms with van der Waals surface area (Å²) in [5, 5.41) is 4.06. The fourth-order valence-corrected chi connectivity index (χ4v) is 2.87. The minimum atomic E-state index is 0.157. The minimum Gasteiger partial charge on any atom is -0.354 e. The zero-order valence-corrected chi connectivity index (χ0v) is 14.7. The number of amides is 1. The van der Waals surface area contributed by atoms with Crippen molar-refractivity contribution in [3.8, 4) is 0 Å². The molecule has 1 amide bonds. The first-order valence-corrected chi connectivity index (χ1v) is 8.96. The van der Waals surface area contributed by atoms with Gasteiger partial charge in [0.15, 0.2) is 0 Å². The first-order chi connectivity index (χ1) is 10.2. The van der Waals surface area contributed by atoms with E-state index in [2.05, 4.69) is 64.3 Å². The number of carbonyl (C=O) groups is 1. The third-order valence-corrected chi connectivity index (χ3v) is 4.28. The van der Waals surface area contributed by atoms with Crippen LogP contribution in [0.15, 0.2) is 30.3 Å². The first-order valence-electron chi connectivity index (χ1n) is 7.84. The van der Waals surface area contributed by atoms with E-state index in [1.807, 2.05) is 6.07 Å². The molecular weight excluding hydrogens is 328 g/mol. The van der Waals surface area contributed by atoms with Gasteiger partial charge in [-0.3, -0.25) is 9.69 Å². The Morgan fingerprint density at radius 1 is 1.19 bits per heavy atom. The van der Waals surface area contributed by atoms with Crippen LogP contribution in [-0.2, 0) is 4.79 Å². The maximum atomic E-state index is 11.9. The van der Waals surface area contributed by atoms with Gasteiger partial charge in [-0.05, 0) is 31.5 Å². The van der Waals surface area contributed by atoms with Gasteiger partial charge in [0.1, 0.15) is 0 Å². The van der Waals surface area contributed by atoms with Gasteiger partial charge in [-0.15, -0.1) is 0 Å². The monoisotopic (exact) mass is 354 g/mol. The number of likely N-dealkylation sites (N-methyl/N-ethyl adjacent to an activating group) is 1. The first kappa shape index (κ1) is 18.2. The van der Waals surface area contributed by atoms with E-state index in [1.165, 1.54) is 5.56 Å². The third-order valence-electron chi connectivity index (χ3n) is 3.72. The van der Waals surface area contributed by atoms with Crippen molar-refractivity contribution < 1.29 is 4.79 Å². The van der Waals surface area contributed by atoms with E-state index in [9.17, 15) is 4.79 Å². The minimum absolute atomic E-state index is 0.157. The van der Waals surface area contributed by atoms with Crippen LogP contribution in [0.4, 0.5) is 0 Å². The van der Waals surface area contributed by atoms with Crippen LogP contribution in [0.1, 0.15) is 44.7 Å². The van der Waals surface area contributed by atoms with Crippen LogP contribution in [0.3, 0.4) is 0 Å². The highest BCUT2D eigenvalue weighted by Gasteiger charge is 2.18. The van der Waals surface area contributed by atoms with E-state index in [1.54, 1.807) is 0 Å². The van der Waals surface area contributed by atoms with Crippen LogP contribution in [0, 0.1) is 0 Å². The van der Waals surface area contributed by atoms with Crippen molar-refractivity contribution in [2.45, 2.75) is 39.2 Å². The molecule has 0 aliphatic rings. The van der Waals surface area contributed by atoms with Crippen LogP contribution < -0.4 is 5.32 Å². The maximum absolute atomic E-state index is 11.9. The number of rotatable bonds is 10. The van der Waals surface area contributed by atoms with Crippen molar-refractivity contribution >= 4 is 21.8 Å². The SMILES string of the molecule is CCN(CC)C(CNC(=O)CCCCBr)c1ccccc1. The predicted molar refractivity (Wildman–Crippen MR) is 92.8 cm³/mol. The van der Waals surface area contributed by atoms with Crippen molar-refractivity contribution in [3.63, 3.8) is 0 Å². The number of nitrogens with one attached hydrogen (secondary N) is 1. The summed E-state index contributed by atoms with van der Waals surface area (Å²) >= 11 is 3.39. The quantitative estimate of drug-likeness (QED) is 0.512. The zero-order valence-electron chi connectivity index (χ0n) is 13.1. The lowest BCUT2D eigenvalue weighted by Gasteiger charge is -2.30. The molecule has 21 heavy (non-hydrogen) atoms. The molecule has 0 saturated heterocycles. The molecule has 0 aliphatic heterocycles. The molecule has 0 aromatic heterocycles. The lowest BCUT2D eigenvalue weighted by molar-refractivity contribution is -0.121. The largest absolute Gasteiger partial charge is 0.354 e. The third kappa shape index (κ3) is 6.62. The highest BCUT2D eigenvalue weighted by atomic mass is 79.9. The molecule has 4 heteroatoms. The standard InChI is InChI=1S/C17H27BrN2O/c1-3-20(4-2)16(15-10-6-5-7-11-15)14-19-17(21)12-8-9-13-18/h5-7,10-11,16H,3-4,8-9,12-14H2,1-2H3,(H,19,21). The molecule has 118 valence electrons. The summed E-state index contributed by atoms with van der Waals surface area (Å²) in [5.74, 6) is 0.157. The molecule has 0 fully saturated rings. The molecule has 0 saturated carbocycles. The van der Waals surface area contributed by atoms with Gasteiger partial charge in [-0.1, -0.05) is 60.1 Å². The Morgan fingerprint density at radius 2 is 1.86 bits per heavy atom. The van der Waals surface area contributed by atoms with E-state index in [0.29, 0.717) is 13.0 Å². The second kappa shape index (κ2) is 10.8. The Labute approximate surface area is 137 Å². The van der Waals surface area contributed by atoms with Crippen LogP contribution in [-0.4, -0.2) is 35.8 Å². The maximum Gasteiger partial charge on any atom is 0.220 e. The van der Waals surface area contributed by atoms with E-state index >= 15 is 0 Å². The summed E-state index contributed by atoms with van der Waals surface area (Å²) in [6.07, 6.45) is 2.61. The molecule has 1 aromatic rings. The number of nitrogens with zero attached hydrogens (tertiary/aromatic N) is 1. The van der Waals surface area contributed by atoms with Gasteiger partial charge in [0.05, 0.1) is 6.04 Å². The predicted octanol–water partition coefficient (Wildman–Crippen LogP) is 3.75. The molecule has 0 aliphatic carbocycles. The van der Waals surface area contributed by atoms with Gasteiger partial charge in [-0.25, -0.2) is 0 Å². The summed E-state index contributed by atoms with van der Waals surface area (Å²) in [7, 11) is 0. The van der Waals surface area contributed by atoms with Crippen LogP contribution >= 0.6 is 15.9 Å². The van der Waals surface area contributed by atoms with Gasteiger partial charge in [-0.2, -0.15) is 0 Å². The smallest absolute Gasteiger partial charge is 0.220 e. The Morgan fingerprint density at radius 3 is 2.43 bits per heavy atom. The number of halogens is 1. The number of alkyl halides is 1. The van der Waals surface area contributed by atoms with Crippen molar-refractivity contribution in [2.24, 2.45) is 0 Å². The number of carbonyl (C=O) groups excluding carboxylic acids is 1. The Hall–Kier alpha value is -0.870. The highest BCUT2D eigenvalue weighted by molar-refractivity contribution is 9.09. The van der Waals surface area contributed by atoms with E-state index in [0.717, 1.165) is 31.3 Å². The molecule has 3 nitrogen and oxygen atoms in total. The van der Waals surface area contributed by atoms with E-state index < -0.39 is 0 Å². The number of hydrogen-bond donors (Lipinski definition) is 1. The fraction of sp³-hybridized carbons (Fsp3) is 0.588. The summed E-state index contributed by atoms with van der Waals surface area (Å²) in [4.78, 5) is 14.3. The summed E-state index contributed by atoms with van der Waals surface area (Å²) in [6.45, 7) is 6.97. The average Bonchev–Trinajstić information content (AvgIpc) is 2.52. The number of hydrogen-bond acceptors (Lipinski definition) is 2. The van der Waals surface area contributed by atoms with E-state index in [4.69, 9.17) is 0 Å². The molecule has 1 unspecified atom stereocenters. The van der Waals surface area contributed by atoms with Crippen LogP contribution in [0.2, 0.25) is 0 Å². The molecule has 0 heterocycles. The second-order valence-corrected chi connectivity index (χ2v) is 5.89. The van der Waals surface area contributed by atoms with E-state index in [-0.39, 0.29) is 11.9 Å². The summed E-state index contributed by atoms with van der Waals surface area (Å²) in [6, 6.07) is 10.7. The Bertz CT molecular complexity index is 393. The van der Waals surface area contributed by atoms with Crippen molar-refractivity contribution in [1.82, 2.24) is 10.2 Å². The zero-order chi connectivity index (χ0) is 15.5. The molecule has 1 aromatic carbocycles. The lowest BCUT2D eigenvalue weighted by atomic mass is 10.0. The van der Waals surface area contributed by atoms with Crippen LogP contribution in [0.25, 0.3) is 0 Å². The summed E-state index contributed by atoms with van der Waals surface area (Å²) in [5.41, 5.74) is 1.27. The van der Waals surface area contributed by atoms with Gasteiger partial charge < -0.3 is 5.32 Å². The van der Waals surface area contributed by atoms with Gasteiger partial charge in [0.2, 0.25) is 5.91 Å². The van der Waals surface area contributed by atoms with Gasteiger partial charge in [0, 0.05) is 18.3 Å². The number of benzene rings is 1. The molecule has 0 bridgehead atoms. The van der Waals surface area contributed by atoms with Crippen molar-refractivity contribution in [1.29, 1.82) is 0 Å². The molecule has 1 N–H and O–H groups in total. The fourth-order valence-electron chi connectivity index (χ4n) is 2.48. The summed E-state index contributed by atoms with van der Waals surface area (Å²) < 4.78 is 0. The van der Waals surface area contributed by atoms with Crippen molar-refractivity contribution in [2.75, 3.05) is 25.0 Å². The molecule has 1 atom stereocenters. The molecule has 1 rings (SSSR count). The topological polar surface area (TPSA) is 32.3 Å². The van der Waals surface area contributed by atoms with Gasteiger partial charge >= 0.3 is 0 Å². The second-order valence-electron chi connectivity index (χ2n) is 5.10. The molecule has 0 spiro atoms. The highest BCUT2D eigenvalue weighted by Crippen LogP contribution is 2.19. The number of unbranched alkanes of at least 4 members (excludes halogenated alkanes) is 1.